The Morgan fingerprint density at radius 2 is 2.13 bits per heavy atom. The molecule has 0 amide bonds. The molecule has 1 N–H and O–H groups in total. The van der Waals surface area contributed by atoms with E-state index in [0.717, 1.165) is 62.1 Å². The highest BCUT2D eigenvalue weighted by atomic mass is 32.1. The number of rotatable bonds is 5. The second-order valence-corrected chi connectivity index (χ2v) is 6.30. The Kier molecular flexibility index (Phi) is 4.23. The zero-order valence-corrected chi connectivity index (χ0v) is 13.6. The van der Waals surface area contributed by atoms with Crippen molar-refractivity contribution < 1.29 is 4.74 Å². The molecular formula is C16H19N5OS. The van der Waals surface area contributed by atoms with Gasteiger partial charge in [0, 0.05) is 37.1 Å². The van der Waals surface area contributed by atoms with Gasteiger partial charge in [-0.15, -0.1) is 5.10 Å². The highest BCUT2D eigenvalue weighted by Gasteiger charge is 2.10. The molecule has 0 aromatic carbocycles. The van der Waals surface area contributed by atoms with E-state index in [-0.39, 0.29) is 0 Å². The van der Waals surface area contributed by atoms with Crippen molar-refractivity contribution in [3.63, 3.8) is 0 Å². The topological polar surface area (TPSA) is 54.7 Å². The van der Waals surface area contributed by atoms with Crippen molar-refractivity contribution in [3.8, 4) is 11.3 Å². The van der Waals surface area contributed by atoms with Gasteiger partial charge in [-0.1, -0.05) is 0 Å². The third kappa shape index (κ3) is 3.21. The molecule has 1 saturated heterocycles. The fourth-order valence-electron chi connectivity index (χ4n) is 2.74. The minimum absolute atomic E-state index is 0.837. The lowest BCUT2D eigenvalue weighted by atomic mass is 10.3. The molecule has 6 nitrogen and oxygen atoms in total. The lowest BCUT2D eigenvalue weighted by Gasteiger charge is -2.26. The first-order valence-electron chi connectivity index (χ1n) is 7.81. The number of nitrogens with zero attached hydrogens (tertiary/aromatic N) is 4. The highest BCUT2D eigenvalue weighted by Crippen LogP contribution is 2.23. The Morgan fingerprint density at radius 1 is 1.22 bits per heavy atom. The van der Waals surface area contributed by atoms with Crippen molar-refractivity contribution in [2.75, 3.05) is 44.7 Å². The number of fused-ring (bicyclic) bond motifs is 1. The summed E-state index contributed by atoms with van der Waals surface area (Å²) < 4.78 is 7.27. The summed E-state index contributed by atoms with van der Waals surface area (Å²) in [6, 6.07) is 6.08. The number of aromatic nitrogens is 3. The number of anilines is 1. The number of morpholine rings is 1. The molecule has 1 aliphatic heterocycles. The van der Waals surface area contributed by atoms with Crippen LogP contribution in [0.2, 0.25) is 0 Å². The maximum atomic E-state index is 5.37. The van der Waals surface area contributed by atoms with Gasteiger partial charge in [-0.3, -0.25) is 4.90 Å². The zero-order chi connectivity index (χ0) is 15.5. The van der Waals surface area contributed by atoms with Gasteiger partial charge in [-0.25, -0.2) is 9.50 Å². The van der Waals surface area contributed by atoms with Crippen molar-refractivity contribution in [2.45, 2.75) is 0 Å². The average molecular weight is 329 g/mol. The standard InChI is InChI=1S/C16H19N5OS/c1-2-16-18-11-14(13-3-10-23-12-13)21(16)19-15(1)17-4-5-20-6-8-22-9-7-20/h1-3,10-12H,4-9H2,(H,17,19). The molecule has 0 aliphatic carbocycles. The first-order chi connectivity index (χ1) is 11.4. The average Bonchev–Trinajstić information content (AvgIpc) is 3.24. The summed E-state index contributed by atoms with van der Waals surface area (Å²) in [7, 11) is 0. The molecule has 120 valence electrons. The molecule has 7 heteroatoms. The molecule has 1 fully saturated rings. The number of nitrogens with one attached hydrogen (secondary N) is 1. The Balaban J connectivity index is 1.46. The number of hydrogen-bond donors (Lipinski definition) is 1. The molecular weight excluding hydrogens is 310 g/mol. The van der Waals surface area contributed by atoms with Crippen molar-refractivity contribution in [3.05, 3.63) is 35.2 Å². The van der Waals surface area contributed by atoms with E-state index < -0.39 is 0 Å². The zero-order valence-electron chi connectivity index (χ0n) is 12.8. The molecule has 3 aromatic rings. The first-order valence-corrected chi connectivity index (χ1v) is 8.76. The smallest absolute Gasteiger partial charge is 0.154 e. The fraction of sp³-hybridized carbons (Fsp3) is 0.375. The Morgan fingerprint density at radius 3 is 2.96 bits per heavy atom. The van der Waals surface area contributed by atoms with Crippen molar-refractivity contribution >= 4 is 22.8 Å². The summed E-state index contributed by atoms with van der Waals surface area (Å²) in [6.45, 7) is 5.58. The summed E-state index contributed by atoms with van der Waals surface area (Å²) >= 11 is 1.68. The van der Waals surface area contributed by atoms with E-state index in [1.165, 1.54) is 0 Å². The van der Waals surface area contributed by atoms with Crippen molar-refractivity contribution in [1.29, 1.82) is 0 Å². The fourth-order valence-corrected chi connectivity index (χ4v) is 3.39. The Hall–Kier alpha value is -1.96. The molecule has 4 heterocycles. The van der Waals surface area contributed by atoms with Crippen LogP contribution in [-0.4, -0.2) is 58.9 Å². The van der Waals surface area contributed by atoms with Crippen LogP contribution in [0.25, 0.3) is 16.9 Å². The normalized spacial score (nSPS) is 16.0. The van der Waals surface area contributed by atoms with Crippen LogP contribution >= 0.6 is 11.3 Å². The first kappa shape index (κ1) is 14.6. The van der Waals surface area contributed by atoms with Gasteiger partial charge in [0.15, 0.2) is 5.65 Å². The van der Waals surface area contributed by atoms with E-state index in [1.807, 2.05) is 22.8 Å². The quantitative estimate of drug-likeness (QED) is 0.778. The minimum Gasteiger partial charge on any atom is -0.379 e. The second-order valence-electron chi connectivity index (χ2n) is 5.52. The maximum absolute atomic E-state index is 5.37. The van der Waals surface area contributed by atoms with Gasteiger partial charge in [-0.2, -0.15) is 11.3 Å². The SMILES string of the molecule is c1cc(-c2cnc3ccc(NCCN4CCOCC4)nn23)cs1. The summed E-state index contributed by atoms with van der Waals surface area (Å²) in [5.74, 6) is 0.875. The predicted molar refractivity (Wildman–Crippen MR) is 92.0 cm³/mol. The van der Waals surface area contributed by atoms with Crippen LogP contribution < -0.4 is 5.32 Å². The van der Waals surface area contributed by atoms with E-state index >= 15 is 0 Å². The van der Waals surface area contributed by atoms with Crippen molar-refractivity contribution in [1.82, 2.24) is 19.5 Å². The molecule has 0 saturated carbocycles. The van der Waals surface area contributed by atoms with Crippen LogP contribution in [0.1, 0.15) is 0 Å². The monoisotopic (exact) mass is 329 g/mol. The second kappa shape index (κ2) is 6.66. The van der Waals surface area contributed by atoms with E-state index in [4.69, 9.17) is 4.74 Å². The lowest BCUT2D eigenvalue weighted by molar-refractivity contribution is 0.0398. The highest BCUT2D eigenvalue weighted by molar-refractivity contribution is 7.08. The minimum atomic E-state index is 0.837. The number of ether oxygens (including phenoxy) is 1. The molecule has 3 aromatic heterocycles. The van der Waals surface area contributed by atoms with E-state index in [2.05, 4.69) is 37.1 Å². The third-order valence-electron chi connectivity index (χ3n) is 4.02. The van der Waals surface area contributed by atoms with Crippen LogP contribution in [0, 0.1) is 0 Å². The lowest BCUT2D eigenvalue weighted by Crippen LogP contribution is -2.39. The summed E-state index contributed by atoms with van der Waals surface area (Å²) in [5.41, 5.74) is 3.04. The van der Waals surface area contributed by atoms with E-state index in [9.17, 15) is 0 Å². The van der Waals surface area contributed by atoms with Gasteiger partial charge in [-0.05, 0) is 23.6 Å². The number of thiophene rings is 1. The molecule has 0 spiro atoms. The van der Waals surface area contributed by atoms with E-state index in [1.54, 1.807) is 11.3 Å². The van der Waals surface area contributed by atoms with Crippen LogP contribution in [0.15, 0.2) is 35.2 Å². The van der Waals surface area contributed by atoms with E-state index in [0.29, 0.717) is 0 Å². The molecule has 1 aliphatic rings. The number of hydrogen-bond acceptors (Lipinski definition) is 6. The largest absolute Gasteiger partial charge is 0.379 e. The molecule has 0 atom stereocenters. The van der Waals surface area contributed by atoms with Crippen molar-refractivity contribution in [2.24, 2.45) is 0 Å². The Bertz CT molecular complexity index is 764. The summed E-state index contributed by atoms with van der Waals surface area (Å²) in [6.07, 6.45) is 1.88. The van der Waals surface area contributed by atoms with Gasteiger partial charge >= 0.3 is 0 Å². The summed E-state index contributed by atoms with van der Waals surface area (Å²) in [5, 5.41) is 12.3. The molecule has 0 radical (unpaired) electrons. The predicted octanol–water partition coefficient (Wildman–Crippen LogP) is 2.20. The van der Waals surface area contributed by atoms with Gasteiger partial charge in [0.05, 0.1) is 25.1 Å². The van der Waals surface area contributed by atoms with Crippen LogP contribution in [0.4, 0.5) is 5.82 Å². The summed E-state index contributed by atoms with van der Waals surface area (Å²) in [4.78, 5) is 6.83. The molecule has 23 heavy (non-hydrogen) atoms. The third-order valence-corrected chi connectivity index (χ3v) is 4.70. The van der Waals surface area contributed by atoms with Gasteiger partial charge in [0.25, 0.3) is 0 Å². The van der Waals surface area contributed by atoms with Crippen LogP contribution in [0.5, 0.6) is 0 Å². The number of imidazole rings is 1. The maximum Gasteiger partial charge on any atom is 0.154 e. The van der Waals surface area contributed by atoms with Gasteiger partial charge in [0.2, 0.25) is 0 Å². The molecule has 0 unspecified atom stereocenters. The van der Waals surface area contributed by atoms with Gasteiger partial charge in [0.1, 0.15) is 5.82 Å². The van der Waals surface area contributed by atoms with Crippen LogP contribution in [-0.2, 0) is 4.74 Å². The van der Waals surface area contributed by atoms with Crippen LogP contribution in [0.3, 0.4) is 0 Å². The van der Waals surface area contributed by atoms with Gasteiger partial charge < -0.3 is 10.1 Å². The Labute approximate surface area is 138 Å². The molecule has 4 rings (SSSR count). The molecule has 0 bridgehead atoms.